The van der Waals surface area contributed by atoms with Crippen LogP contribution in [0.2, 0.25) is 0 Å². The predicted molar refractivity (Wildman–Crippen MR) is 85.9 cm³/mol. The first-order valence-corrected chi connectivity index (χ1v) is 8.73. The number of thioether (sulfide) groups is 1. The molecule has 0 bridgehead atoms. The number of carbonyl (C=O) groups excluding carboxylic acids is 1. The van der Waals surface area contributed by atoms with Gasteiger partial charge < -0.3 is 9.80 Å². The summed E-state index contributed by atoms with van der Waals surface area (Å²) in [7, 11) is 0. The van der Waals surface area contributed by atoms with Gasteiger partial charge in [0.15, 0.2) is 11.5 Å². The molecule has 3 rings (SSSR count). The van der Waals surface area contributed by atoms with Gasteiger partial charge in [-0.05, 0) is 31.9 Å². The van der Waals surface area contributed by atoms with Gasteiger partial charge in [-0.2, -0.15) is 11.8 Å². The summed E-state index contributed by atoms with van der Waals surface area (Å²) in [6, 6.07) is 4.00. The van der Waals surface area contributed by atoms with E-state index in [-0.39, 0.29) is 11.9 Å². The number of aromatic nitrogens is 2. The van der Waals surface area contributed by atoms with Crippen molar-refractivity contribution < 1.29 is 4.79 Å². The molecule has 2 fully saturated rings. The van der Waals surface area contributed by atoms with Crippen LogP contribution >= 0.6 is 11.8 Å². The van der Waals surface area contributed by atoms with Crippen LogP contribution in [0.15, 0.2) is 12.1 Å². The summed E-state index contributed by atoms with van der Waals surface area (Å²) in [4.78, 5) is 16.7. The summed E-state index contributed by atoms with van der Waals surface area (Å²) in [5.74, 6) is 1.89. The Morgan fingerprint density at radius 3 is 2.62 bits per heavy atom. The molecule has 1 aromatic rings. The third-order valence-corrected chi connectivity index (χ3v) is 5.78. The lowest BCUT2D eigenvalue weighted by atomic mass is 10.2. The summed E-state index contributed by atoms with van der Waals surface area (Å²) in [6.45, 7) is 7.17. The van der Waals surface area contributed by atoms with Crippen LogP contribution in [-0.2, 0) is 0 Å². The normalized spacial score (nSPS) is 26.2. The van der Waals surface area contributed by atoms with Crippen molar-refractivity contribution in [2.75, 3.05) is 30.3 Å². The van der Waals surface area contributed by atoms with Crippen molar-refractivity contribution in [2.45, 2.75) is 38.0 Å². The van der Waals surface area contributed by atoms with Gasteiger partial charge in [-0.3, -0.25) is 4.79 Å². The molecule has 0 radical (unpaired) electrons. The Labute approximate surface area is 130 Å². The number of amides is 1. The van der Waals surface area contributed by atoms with Crippen LogP contribution in [0.3, 0.4) is 0 Å². The fourth-order valence-corrected chi connectivity index (χ4v) is 4.02. The number of hydrogen-bond donors (Lipinski definition) is 0. The fraction of sp³-hybridized carbons (Fsp3) is 0.667. The molecule has 0 aromatic carbocycles. The topological polar surface area (TPSA) is 49.3 Å². The highest BCUT2D eigenvalue weighted by atomic mass is 32.2. The van der Waals surface area contributed by atoms with E-state index in [9.17, 15) is 4.79 Å². The predicted octanol–water partition coefficient (Wildman–Crippen LogP) is 2.04. The second-order valence-electron chi connectivity index (χ2n) is 5.79. The van der Waals surface area contributed by atoms with Crippen LogP contribution in [0.4, 0.5) is 5.82 Å². The van der Waals surface area contributed by atoms with Crippen molar-refractivity contribution in [1.82, 2.24) is 15.1 Å². The number of carbonyl (C=O) groups is 1. The van der Waals surface area contributed by atoms with Crippen LogP contribution in [0.1, 0.15) is 37.2 Å². The van der Waals surface area contributed by atoms with Crippen LogP contribution in [0, 0.1) is 0 Å². The van der Waals surface area contributed by atoms with Crippen LogP contribution in [-0.4, -0.2) is 57.7 Å². The molecule has 2 aliphatic rings. The van der Waals surface area contributed by atoms with Crippen LogP contribution in [0.5, 0.6) is 0 Å². The van der Waals surface area contributed by atoms with E-state index >= 15 is 0 Å². The van der Waals surface area contributed by atoms with E-state index in [4.69, 9.17) is 0 Å². The Morgan fingerprint density at radius 2 is 1.95 bits per heavy atom. The Kier molecular flexibility index (Phi) is 4.33. The maximum atomic E-state index is 12.6. The standard InChI is InChI=1S/C15H22N4OS/c1-11-12(2)21-10-9-19(11)15(20)13-5-6-14(17-16-13)18-7-3-4-8-18/h5-6,11-12H,3-4,7-10H2,1-2H3/t11-,12-/m1/s1. The van der Waals surface area contributed by atoms with Crippen molar-refractivity contribution >= 4 is 23.5 Å². The highest BCUT2D eigenvalue weighted by Crippen LogP contribution is 2.25. The smallest absolute Gasteiger partial charge is 0.274 e. The molecule has 0 spiro atoms. The lowest BCUT2D eigenvalue weighted by Gasteiger charge is -2.37. The molecule has 5 nitrogen and oxygen atoms in total. The molecule has 0 saturated carbocycles. The zero-order valence-corrected chi connectivity index (χ0v) is 13.5. The van der Waals surface area contributed by atoms with E-state index < -0.39 is 0 Å². The van der Waals surface area contributed by atoms with Gasteiger partial charge in [0, 0.05) is 36.7 Å². The Balaban J connectivity index is 1.72. The van der Waals surface area contributed by atoms with Gasteiger partial charge in [0.25, 0.3) is 5.91 Å². The molecular weight excluding hydrogens is 284 g/mol. The van der Waals surface area contributed by atoms with Gasteiger partial charge in [0.05, 0.1) is 0 Å². The van der Waals surface area contributed by atoms with Gasteiger partial charge in [0.1, 0.15) is 0 Å². The van der Waals surface area contributed by atoms with E-state index in [1.807, 2.05) is 28.8 Å². The first-order valence-electron chi connectivity index (χ1n) is 7.68. The summed E-state index contributed by atoms with van der Waals surface area (Å²) in [5, 5.41) is 8.88. The van der Waals surface area contributed by atoms with E-state index in [0.29, 0.717) is 10.9 Å². The minimum Gasteiger partial charge on any atom is -0.355 e. The van der Waals surface area contributed by atoms with Gasteiger partial charge in [-0.1, -0.05) is 6.92 Å². The molecule has 2 saturated heterocycles. The molecule has 114 valence electrons. The highest BCUT2D eigenvalue weighted by molar-refractivity contribution is 8.00. The summed E-state index contributed by atoms with van der Waals surface area (Å²) >= 11 is 1.93. The van der Waals surface area contributed by atoms with E-state index in [0.717, 1.165) is 31.2 Å². The zero-order valence-electron chi connectivity index (χ0n) is 12.7. The lowest BCUT2D eigenvalue weighted by Crippen LogP contribution is -2.48. The van der Waals surface area contributed by atoms with Crippen molar-refractivity contribution in [3.63, 3.8) is 0 Å². The molecule has 3 heterocycles. The number of hydrogen-bond acceptors (Lipinski definition) is 5. The molecule has 0 N–H and O–H groups in total. The second kappa shape index (κ2) is 6.22. The maximum Gasteiger partial charge on any atom is 0.274 e. The third kappa shape index (κ3) is 3.00. The average molecular weight is 306 g/mol. The van der Waals surface area contributed by atoms with E-state index in [1.165, 1.54) is 12.8 Å². The van der Waals surface area contributed by atoms with E-state index in [1.54, 1.807) is 0 Å². The highest BCUT2D eigenvalue weighted by Gasteiger charge is 2.30. The first kappa shape index (κ1) is 14.6. The molecule has 0 aliphatic carbocycles. The minimum absolute atomic E-state index is 0.00937. The number of nitrogens with zero attached hydrogens (tertiary/aromatic N) is 4. The third-order valence-electron chi connectivity index (χ3n) is 4.44. The molecular formula is C15H22N4OS. The van der Waals surface area contributed by atoms with Gasteiger partial charge in [0.2, 0.25) is 0 Å². The molecule has 1 aromatic heterocycles. The molecule has 0 unspecified atom stereocenters. The zero-order chi connectivity index (χ0) is 14.8. The van der Waals surface area contributed by atoms with Crippen molar-refractivity contribution in [3.8, 4) is 0 Å². The molecule has 2 aliphatic heterocycles. The first-order chi connectivity index (χ1) is 10.2. The quantitative estimate of drug-likeness (QED) is 0.837. The monoisotopic (exact) mass is 306 g/mol. The van der Waals surface area contributed by atoms with Crippen molar-refractivity contribution in [2.24, 2.45) is 0 Å². The number of rotatable bonds is 2. The fourth-order valence-electron chi connectivity index (χ4n) is 2.92. The molecule has 1 amide bonds. The average Bonchev–Trinajstić information content (AvgIpc) is 3.04. The molecule has 6 heteroatoms. The lowest BCUT2D eigenvalue weighted by molar-refractivity contribution is 0.0691. The Morgan fingerprint density at radius 1 is 1.19 bits per heavy atom. The van der Waals surface area contributed by atoms with Gasteiger partial charge >= 0.3 is 0 Å². The van der Waals surface area contributed by atoms with Gasteiger partial charge in [-0.25, -0.2) is 0 Å². The summed E-state index contributed by atoms with van der Waals surface area (Å²) in [5.41, 5.74) is 0.462. The minimum atomic E-state index is 0.00937. The molecule has 2 atom stereocenters. The SMILES string of the molecule is C[C@@H]1[C@@H](C)SCCN1C(=O)c1ccc(N2CCCC2)nn1. The van der Waals surface area contributed by atoms with Gasteiger partial charge in [-0.15, -0.1) is 10.2 Å². The Bertz CT molecular complexity index is 501. The summed E-state index contributed by atoms with van der Waals surface area (Å²) < 4.78 is 0. The van der Waals surface area contributed by atoms with Crippen molar-refractivity contribution in [1.29, 1.82) is 0 Å². The van der Waals surface area contributed by atoms with Crippen LogP contribution in [0.25, 0.3) is 0 Å². The maximum absolute atomic E-state index is 12.6. The van der Waals surface area contributed by atoms with E-state index in [2.05, 4.69) is 28.9 Å². The summed E-state index contributed by atoms with van der Waals surface area (Å²) in [6.07, 6.45) is 2.42. The number of anilines is 1. The van der Waals surface area contributed by atoms with Crippen molar-refractivity contribution in [3.05, 3.63) is 17.8 Å². The largest absolute Gasteiger partial charge is 0.355 e. The molecule has 21 heavy (non-hydrogen) atoms. The second-order valence-corrected chi connectivity index (χ2v) is 7.27. The van der Waals surface area contributed by atoms with Crippen LogP contribution < -0.4 is 4.90 Å². The Hall–Kier alpha value is -1.30.